The summed E-state index contributed by atoms with van der Waals surface area (Å²) >= 11 is 0. The molecule has 0 bridgehead atoms. The van der Waals surface area contributed by atoms with Crippen molar-refractivity contribution in [3.8, 4) is 11.5 Å². The standard InChI is InChI=1S/C13H19N3O3/c1-16(2)7-8-18-15-13(14)12-9-17-10-5-3-4-6-11(10)19-12/h3-6,12H,7-9H2,1-2H3,(H2,14,15). The van der Waals surface area contributed by atoms with E-state index in [1.807, 2.05) is 43.3 Å². The van der Waals surface area contributed by atoms with Crippen molar-refractivity contribution in [2.24, 2.45) is 10.9 Å². The van der Waals surface area contributed by atoms with E-state index < -0.39 is 6.10 Å². The molecule has 0 fully saturated rings. The van der Waals surface area contributed by atoms with Crippen LogP contribution in [0.5, 0.6) is 11.5 Å². The van der Waals surface area contributed by atoms with Gasteiger partial charge >= 0.3 is 0 Å². The average molecular weight is 265 g/mol. The van der Waals surface area contributed by atoms with Gasteiger partial charge in [0.1, 0.15) is 13.2 Å². The van der Waals surface area contributed by atoms with Crippen LogP contribution in [0.2, 0.25) is 0 Å². The second-order valence-corrected chi connectivity index (χ2v) is 4.52. The fourth-order valence-electron chi connectivity index (χ4n) is 1.57. The van der Waals surface area contributed by atoms with E-state index in [2.05, 4.69) is 5.16 Å². The second kappa shape index (κ2) is 6.29. The van der Waals surface area contributed by atoms with Gasteiger partial charge in [-0.15, -0.1) is 0 Å². The lowest BCUT2D eigenvalue weighted by molar-refractivity contribution is 0.108. The molecule has 0 radical (unpaired) electrons. The molecule has 19 heavy (non-hydrogen) atoms. The smallest absolute Gasteiger partial charge is 0.193 e. The Labute approximate surface area is 112 Å². The Hall–Kier alpha value is -1.95. The fraction of sp³-hybridized carbons (Fsp3) is 0.462. The van der Waals surface area contributed by atoms with Gasteiger partial charge in [0.05, 0.1) is 0 Å². The van der Waals surface area contributed by atoms with E-state index in [0.717, 1.165) is 12.3 Å². The molecular formula is C13H19N3O3. The lowest BCUT2D eigenvalue weighted by atomic mass is 10.2. The van der Waals surface area contributed by atoms with Crippen molar-refractivity contribution < 1.29 is 14.3 Å². The molecule has 0 aliphatic carbocycles. The average Bonchev–Trinajstić information content (AvgIpc) is 2.42. The second-order valence-electron chi connectivity index (χ2n) is 4.52. The zero-order chi connectivity index (χ0) is 13.7. The van der Waals surface area contributed by atoms with E-state index in [-0.39, 0.29) is 5.84 Å². The number of nitrogens with two attached hydrogens (primary N) is 1. The van der Waals surface area contributed by atoms with Gasteiger partial charge in [-0.2, -0.15) is 0 Å². The van der Waals surface area contributed by atoms with Crippen molar-refractivity contribution in [2.45, 2.75) is 6.10 Å². The Morgan fingerprint density at radius 2 is 2.16 bits per heavy atom. The number of likely N-dealkylation sites (N-methyl/N-ethyl adjacent to an activating group) is 1. The van der Waals surface area contributed by atoms with E-state index >= 15 is 0 Å². The monoisotopic (exact) mass is 265 g/mol. The van der Waals surface area contributed by atoms with Crippen LogP contribution in [0.15, 0.2) is 29.4 Å². The number of benzene rings is 1. The van der Waals surface area contributed by atoms with Gasteiger partial charge in [0.2, 0.25) is 0 Å². The van der Waals surface area contributed by atoms with E-state index in [1.165, 1.54) is 0 Å². The Balaban J connectivity index is 1.88. The Morgan fingerprint density at radius 1 is 1.42 bits per heavy atom. The number of hydrogen-bond donors (Lipinski definition) is 1. The molecule has 0 spiro atoms. The van der Waals surface area contributed by atoms with Crippen LogP contribution in [0.4, 0.5) is 0 Å². The van der Waals surface area contributed by atoms with Crippen LogP contribution >= 0.6 is 0 Å². The number of para-hydroxylation sites is 2. The highest BCUT2D eigenvalue weighted by atomic mass is 16.6. The minimum Gasteiger partial charge on any atom is -0.485 e. The van der Waals surface area contributed by atoms with Crippen LogP contribution in [0.3, 0.4) is 0 Å². The molecule has 0 saturated heterocycles. The first-order valence-electron chi connectivity index (χ1n) is 6.15. The third-order valence-corrected chi connectivity index (χ3v) is 2.64. The highest BCUT2D eigenvalue weighted by Gasteiger charge is 2.24. The van der Waals surface area contributed by atoms with Gasteiger partial charge in [-0.3, -0.25) is 0 Å². The van der Waals surface area contributed by atoms with Crippen molar-refractivity contribution >= 4 is 5.84 Å². The summed E-state index contributed by atoms with van der Waals surface area (Å²) in [5.41, 5.74) is 5.83. The van der Waals surface area contributed by atoms with Crippen molar-refractivity contribution in [1.29, 1.82) is 0 Å². The van der Waals surface area contributed by atoms with Crippen LogP contribution in [0, 0.1) is 0 Å². The molecule has 6 nitrogen and oxygen atoms in total. The lowest BCUT2D eigenvalue weighted by Gasteiger charge is -2.25. The van der Waals surface area contributed by atoms with Gasteiger partial charge in [-0.1, -0.05) is 17.3 Å². The van der Waals surface area contributed by atoms with Crippen LogP contribution in [0.1, 0.15) is 0 Å². The van der Waals surface area contributed by atoms with Crippen LogP contribution in [-0.4, -0.2) is 50.7 Å². The third kappa shape index (κ3) is 3.75. The fourth-order valence-corrected chi connectivity index (χ4v) is 1.57. The maximum atomic E-state index is 5.83. The number of amidine groups is 1. The molecule has 1 aromatic carbocycles. The zero-order valence-electron chi connectivity index (χ0n) is 11.2. The van der Waals surface area contributed by atoms with Gasteiger partial charge in [-0.25, -0.2) is 0 Å². The van der Waals surface area contributed by atoms with Crippen molar-refractivity contribution in [1.82, 2.24) is 4.90 Å². The lowest BCUT2D eigenvalue weighted by Crippen LogP contribution is -2.41. The molecular weight excluding hydrogens is 246 g/mol. The first-order valence-corrected chi connectivity index (χ1v) is 6.15. The van der Waals surface area contributed by atoms with E-state index in [4.69, 9.17) is 20.0 Å². The molecule has 6 heteroatoms. The molecule has 2 rings (SSSR count). The van der Waals surface area contributed by atoms with Crippen LogP contribution < -0.4 is 15.2 Å². The summed E-state index contributed by atoms with van der Waals surface area (Å²) in [4.78, 5) is 7.14. The number of oxime groups is 1. The molecule has 1 aliphatic heterocycles. The Kier molecular flexibility index (Phi) is 4.46. The Bertz CT molecular complexity index is 449. The van der Waals surface area contributed by atoms with Crippen molar-refractivity contribution in [2.75, 3.05) is 33.9 Å². The van der Waals surface area contributed by atoms with Gasteiger partial charge in [0.25, 0.3) is 0 Å². The molecule has 1 aliphatic rings. The van der Waals surface area contributed by atoms with Gasteiger partial charge in [-0.05, 0) is 26.2 Å². The number of nitrogens with zero attached hydrogens (tertiary/aromatic N) is 2. The van der Waals surface area contributed by atoms with Crippen molar-refractivity contribution in [3.05, 3.63) is 24.3 Å². The highest BCUT2D eigenvalue weighted by Crippen LogP contribution is 2.30. The first kappa shape index (κ1) is 13.5. The maximum absolute atomic E-state index is 5.83. The van der Waals surface area contributed by atoms with Gasteiger partial charge in [0, 0.05) is 6.54 Å². The SMILES string of the molecule is CN(C)CCO/N=C(\N)C1COc2ccccc2O1. The predicted molar refractivity (Wildman–Crippen MR) is 72.5 cm³/mol. The summed E-state index contributed by atoms with van der Waals surface area (Å²) in [6.45, 7) is 1.60. The molecule has 0 amide bonds. The van der Waals surface area contributed by atoms with Crippen LogP contribution in [-0.2, 0) is 4.84 Å². The minimum absolute atomic E-state index is 0.285. The molecule has 0 saturated carbocycles. The first-order chi connectivity index (χ1) is 9.16. The summed E-state index contributed by atoms with van der Waals surface area (Å²) in [6, 6.07) is 7.46. The molecule has 1 atom stereocenters. The van der Waals surface area contributed by atoms with E-state index in [9.17, 15) is 0 Å². The number of ether oxygens (including phenoxy) is 2. The molecule has 0 aromatic heterocycles. The molecule has 1 heterocycles. The van der Waals surface area contributed by atoms with Gasteiger partial charge in [0.15, 0.2) is 23.4 Å². The Morgan fingerprint density at radius 3 is 2.89 bits per heavy atom. The number of hydrogen-bond acceptors (Lipinski definition) is 5. The molecule has 1 aromatic rings. The molecule has 2 N–H and O–H groups in total. The molecule has 1 unspecified atom stereocenters. The van der Waals surface area contributed by atoms with Crippen LogP contribution in [0.25, 0.3) is 0 Å². The molecule has 104 valence electrons. The quantitative estimate of drug-likeness (QED) is 0.367. The third-order valence-electron chi connectivity index (χ3n) is 2.64. The number of rotatable bonds is 5. The number of fused-ring (bicyclic) bond motifs is 1. The summed E-state index contributed by atoms with van der Waals surface area (Å²) in [5, 5.41) is 3.86. The van der Waals surface area contributed by atoms with Crippen molar-refractivity contribution in [3.63, 3.8) is 0 Å². The van der Waals surface area contributed by atoms with Gasteiger partial charge < -0.3 is 24.9 Å². The topological polar surface area (TPSA) is 69.3 Å². The summed E-state index contributed by atoms with van der Waals surface area (Å²) in [5.74, 6) is 1.68. The summed E-state index contributed by atoms with van der Waals surface area (Å²) in [7, 11) is 3.93. The summed E-state index contributed by atoms with van der Waals surface area (Å²) < 4.78 is 11.3. The largest absolute Gasteiger partial charge is 0.485 e. The zero-order valence-corrected chi connectivity index (χ0v) is 11.2. The van der Waals surface area contributed by atoms with E-state index in [0.29, 0.717) is 19.0 Å². The summed E-state index contributed by atoms with van der Waals surface area (Å²) in [6.07, 6.45) is -0.408. The minimum atomic E-state index is -0.408. The maximum Gasteiger partial charge on any atom is 0.193 e. The predicted octanol–water partition coefficient (Wildman–Crippen LogP) is 0.677. The normalized spacial score (nSPS) is 18.5. The highest BCUT2D eigenvalue weighted by molar-refractivity contribution is 5.85. The van der Waals surface area contributed by atoms with E-state index in [1.54, 1.807) is 0 Å².